The van der Waals surface area contributed by atoms with Gasteiger partial charge in [-0.3, -0.25) is 18.9 Å². The predicted octanol–water partition coefficient (Wildman–Crippen LogP) is 3.04. The molecule has 0 amide bonds. The number of tetrazole rings is 1. The summed E-state index contributed by atoms with van der Waals surface area (Å²) in [5, 5.41) is 14.3. The lowest BCUT2D eigenvalue weighted by atomic mass is 10.0. The van der Waals surface area contributed by atoms with Crippen LogP contribution >= 0.6 is 0 Å². The second-order valence-electron chi connectivity index (χ2n) is 8.47. The lowest BCUT2D eigenvalue weighted by molar-refractivity contribution is -0.111. The topological polar surface area (TPSA) is 111 Å². The zero-order valence-corrected chi connectivity index (χ0v) is 18.6. The van der Waals surface area contributed by atoms with Crippen molar-refractivity contribution in [2.24, 2.45) is 5.92 Å². The number of Topliss-reactive ketones (excluding diaryl/α,β-unsaturated/α-hetero) is 1. The highest BCUT2D eigenvalue weighted by atomic mass is 16.2. The molecule has 1 aromatic carbocycles. The summed E-state index contributed by atoms with van der Waals surface area (Å²) < 4.78 is 3.39. The number of rotatable bonds is 8. The monoisotopic (exact) mass is 443 g/mol. The molecule has 1 saturated carbocycles. The van der Waals surface area contributed by atoms with Crippen LogP contribution in [0.3, 0.4) is 0 Å². The average molecular weight is 444 g/mol. The molecule has 1 fully saturated rings. The number of unbranched alkanes of at least 4 members (excludes halogenated alkanes) is 1. The number of hydrogen-bond acceptors (Lipinski definition) is 6. The van der Waals surface area contributed by atoms with Crippen molar-refractivity contribution in [2.45, 2.75) is 45.7 Å². The molecule has 0 aliphatic heterocycles. The minimum atomic E-state index is -0.318. The lowest BCUT2D eigenvalue weighted by Gasteiger charge is -2.09. The molecule has 0 bridgehead atoms. The van der Waals surface area contributed by atoms with Gasteiger partial charge >= 0.3 is 5.69 Å². The van der Waals surface area contributed by atoms with Gasteiger partial charge in [-0.05, 0) is 29.7 Å². The molecule has 3 heterocycles. The first kappa shape index (κ1) is 21.0. The highest BCUT2D eigenvalue weighted by molar-refractivity contribution is 6.00. The summed E-state index contributed by atoms with van der Waals surface area (Å²) in [7, 11) is 0. The smallest absolute Gasteiger partial charge is 0.297 e. The Balaban J connectivity index is 1.44. The van der Waals surface area contributed by atoms with Crippen LogP contribution < -0.4 is 5.69 Å². The summed E-state index contributed by atoms with van der Waals surface area (Å²) >= 11 is 0. The molecule has 4 aromatic rings. The van der Waals surface area contributed by atoms with Crippen molar-refractivity contribution in [1.29, 1.82) is 0 Å². The van der Waals surface area contributed by atoms with Gasteiger partial charge in [0.25, 0.3) is 0 Å². The van der Waals surface area contributed by atoms with E-state index in [-0.39, 0.29) is 23.4 Å². The van der Waals surface area contributed by atoms with Crippen molar-refractivity contribution in [2.75, 3.05) is 0 Å². The summed E-state index contributed by atoms with van der Waals surface area (Å²) in [4.78, 5) is 29.7. The molecule has 168 valence electrons. The summed E-state index contributed by atoms with van der Waals surface area (Å²) in [6.45, 7) is 4.42. The van der Waals surface area contributed by atoms with E-state index in [9.17, 15) is 9.59 Å². The Morgan fingerprint density at radius 2 is 1.88 bits per heavy atom. The van der Waals surface area contributed by atoms with E-state index in [1.165, 1.54) is 0 Å². The van der Waals surface area contributed by atoms with Crippen LogP contribution in [-0.4, -0.2) is 40.5 Å². The highest BCUT2D eigenvalue weighted by Gasteiger charge is 2.48. The van der Waals surface area contributed by atoms with E-state index in [2.05, 4.69) is 32.5 Å². The van der Waals surface area contributed by atoms with Gasteiger partial charge in [0.05, 0.1) is 12.2 Å². The third-order valence-corrected chi connectivity index (χ3v) is 6.23. The van der Waals surface area contributed by atoms with Gasteiger partial charge in [0.2, 0.25) is 5.82 Å². The van der Waals surface area contributed by atoms with Crippen LogP contribution in [0, 0.1) is 5.92 Å². The minimum Gasteiger partial charge on any atom is -0.297 e. The van der Waals surface area contributed by atoms with Crippen LogP contribution in [-0.2, 0) is 17.8 Å². The molecule has 0 spiro atoms. The number of hydrogen-bond donors (Lipinski definition) is 1. The molecule has 0 radical (unpaired) electrons. The average Bonchev–Trinajstić information content (AvgIpc) is 3.21. The Hall–Kier alpha value is -3.88. The molecule has 3 aromatic heterocycles. The maximum Gasteiger partial charge on any atom is 0.329 e. The molecule has 1 aliphatic rings. The Bertz CT molecular complexity index is 1340. The van der Waals surface area contributed by atoms with E-state index in [1.807, 2.05) is 49.5 Å². The highest BCUT2D eigenvalue weighted by Crippen LogP contribution is 2.37. The maximum atomic E-state index is 13.1. The first-order chi connectivity index (χ1) is 16.1. The Labute approximate surface area is 190 Å². The lowest BCUT2D eigenvalue weighted by Crippen LogP contribution is -2.25. The van der Waals surface area contributed by atoms with Crippen LogP contribution in [0.2, 0.25) is 0 Å². The number of ketones is 1. The van der Waals surface area contributed by atoms with E-state index in [1.54, 1.807) is 15.3 Å². The number of aryl methyl sites for hydroxylation is 1. The maximum absolute atomic E-state index is 13.1. The van der Waals surface area contributed by atoms with Crippen molar-refractivity contribution in [3.05, 3.63) is 70.5 Å². The molecule has 2 unspecified atom stereocenters. The molecule has 1 N–H and O–H groups in total. The van der Waals surface area contributed by atoms with Crippen LogP contribution in [0.15, 0.2) is 53.6 Å². The Morgan fingerprint density at radius 1 is 1.09 bits per heavy atom. The van der Waals surface area contributed by atoms with Gasteiger partial charge < -0.3 is 0 Å². The number of pyridine rings is 1. The number of aromatic amines is 1. The molecule has 9 heteroatoms. The second kappa shape index (κ2) is 8.57. The Kier molecular flexibility index (Phi) is 5.45. The van der Waals surface area contributed by atoms with Gasteiger partial charge in [-0.2, -0.15) is 5.21 Å². The summed E-state index contributed by atoms with van der Waals surface area (Å²) in [5.74, 6) is 0.550. The number of benzene rings is 1. The first-order valence-electron chi connectivity index (χ1n) is 11.2. The molecule has 0 saturated heterocycles. The molecule has 5 rings (SSSR count). The van der Waals surface area contributed by atoms with Crippen molar-refractivity contribution in [3.8, 4) is 22.6 Å². The van der Waals surface area contributed by atoms with Crippen molar-refractivity contribution in [1.82, 2.24) is 34.7 Å². The van der Waals surface area contributed by atoms with Crippen molar-refractivity contribution < 1.29 is 4.79 Å². The zero-order chi connectivity index (χ0) is 22.9. The number of carbonyl (C=O) groups excluding carboxylic acids is 1. The number of nitrogens with zero attached hydrogens (tertiary/aromatic N) is 6. The van der Waals surface area contributed by atoms with E-state index in [0.29, 0.717) is 12.4 Å². The fourth-order valence-corrected chi connectivity index (χ4v) is 4.24. The van der Waals surface area contributed by atoms with Gasteiger partial charge in [0, 0.05) is 35.1 Å². The molecular formula is C24H25N7O2. The summed E-state index contributed by atoms with van der Waals surface area (Å²) in [6, 6.07) is 11.4. The summed E-state index contributed by atoms with van der Waals surface area (Å²) in [5.41, 5.74) is 4.27. The van der Waals surface area contributed by atoms with Crippen molar-refractivity contribution in [3.63, 3.8) is 0 Å². The van der Waals surface area contributed by atoms with Gasteiger partial charge in [-0.25, -0.2) is 4.79 Å². The van der Waals surface area contributed by atoms with Gasteiger partial charge in [0.1, 0.15) is 6.04 Å². The van der Waals surface area contributed by atoms with E-state index in [4.69, 9.17) is 0 Å². The summed E-state index contributed by atoms with van der Waals surface area (Å²) in [6.07, 6.45) is 6.49. The van der Waals surface area contributed by atoms with E-state index >= 15 is 0 Å². The van der Waals surface area contributed by atoms with Crippen LogP contribution in [0.25, 0.3) is 22.6 Å². The van der Waals surface area contributed by atoms with Gasteiger partial charge in [-0.1, -0.05) is 50.6 Å². The molecular weight excluding hydrogens is 418 g/mol. The van der Waals surface area contributed by atoms with Crippen LogP contribution in [0.5, 0.6) is 0 Å². The first-order valence-corrected chi connectivity index (χ1v) is 11.2. The number of H-pyrrole nitrogens is 1. The number of imidazole rings is 1. The predicted molar refractivity (Wildman–Crippen MR) is 122 cm³/mol. The van der Waals surface area contributed by atoms with E-state index < -0.39 is 0 Å². The van der Waals surface area contributed by atoms with E-state index in [0.717, 1.165) is 47.3 Å². The number of carbonyl (C=O) groups is 1. The fraction of sp³-hybridized carbons (Fsp3) is 0.333. The van der Waals surface area contributed by atoms with Gasteiger partial charge in [-0.15, -0.1) is 10.2 Å². The van der Waals surface area contributed by atoms with Crippen molar-refractivity contribution >= 4 is 5.78 Å². The minimum absolute atomic E-state index is 0.0854. The second-order valence-corrected chi connectivity index (χ2v) is 8.47. The van der Waals surface area contributed by atoms with Crippen LogP contribution in [0.1, 0.15) is 44.0 Å². The molecule has 1 aliphatic carbocycles. The van der Waals surface area contributed by atoms with Crippen LogP contribution in [0.4, 0.5) is 0 Å². The van der Waals surface area contributed by atoms with Gasteiger partial charge in [0.15, 0.2) is 5.78 Å². The quantitative estimate of drug-likeness (QED) is 0.448. The molecule has 33 heavy (non-hydrogen) atoms. The molecule has 2 atom stereocenters. The normalized spacial score (nSPS) is 17.5. The number of nitrogens with one attached hydrogen (secondary N) is 1. The largest absolute Gasteiger partial charge is 0.329 e. The standard InChI is InChI=1S/C24H25N7O2/c1-3-4-7-17-14-31(21-15(2)22(21)32)24(33)30(17)13-16-10-11-20(25-12-16)18-8-5-6-9-19(18)23-26-28-29-27-23/h5-6,8-12,14-15,21H,3-4,7,13H2,1-2H3,(H,26,27,28,29). The fourth-order valence-electron chi connectivity index (χ4n) is 4.24. The number of aromatic nitrogens is 7. The third kappa shape index (κ3) is 3.90. The third-order valence-electron chi connectivity index (χ3n) is 6.23. The zero-order valence-electron chi connectivity index (χ0n) is 18.6. The molecule has 9 nitrogen and oxygen atoms in total. The Morgan fingerprint density at radius 3 is 2.52 bits per heavy atom. The SMILES string of the molecule is CCCCc1cn(C2C(=O)C2C)c(=O)n1Cc1ccc(-c2ccccc2-c2nn[nH]n2)nc1.